The lowest BCUT2D eigenvalue weighted by Gasteiger charge is -2.09. The molecule has 0 aromatic heterocycles. The molecule has 0 spiro atoms. The molecule has 0 aliphatic rings. The summed E-state index contributed by atoms with van der Waals surface area (Å²) in [5.74, 6) is -0.405. The Labute approximate surface area is 127 Å². The number of anilines is 1. The molecular weight excluding hydrogens is 287 g/mol. The minimum atomic E-state index is -0.432. The third kappa shape index (κ3) is 4.90. The Bertz CT molecular complexity index is 671. The second-order valence-electron chi connectivity index (χ2n) is 4.56. The third-order valence-electron chi connectivity index (χ3n) is 2.72. The lowest BCUT2D eigenvalue weighted by Crippen LogP contribution is -2.28. The molecule has 2 rings (SSSR count). The summed E-state index contributed by atoms with van der Waals surface area (Å²) in [6, 6.07) is 11.9. The van der Waals surface area contributed by atoms with E-state index in [9.17, 15) is 14.0 Å². The van der Waals surface area contributed by atoms with Gasteiger partial charge in [-0.2, -0.15) is 0 Å². The Hall–Kier alpha value is -2.89. The molecule has 0 fully saturated rings. The largest absolute Gasteiger partial charge is 0.427 e. The van der Waals surface area contributed by atoms with Crippen molar-refractivity contribution in [2.45, 2.75) is 13.5 Å². The van der Waals surface area contributed by atoms with Crippen LogP contribution in [0.3, 0.4) is 0 Å². The van der Waals surface area contributed by atoms with Crippen LogP contribution in [0.4, 0.5) is 14.9 Å². The summed E-state index contributed by atoms with van der Waals surface area (Å²) in [6.45, 7) is 1.57. The van der Waals surface area contributed by atoms with Crippen LogP contribution in [0.25, 0.3) is 0 Å². The van der Waals surface area contributed by atoms with Gasteiger partial charge in [0.05, 0.1) is 0 Å². The number of carbonyl (C=O) groups is 2. The van der Waals surface area contributed by atoms with Crippen molar-refractivity contribution in [3.63, 3.8) is 0 Å². The molecule has 6 heteroatoms. The maximum Gasteiger partial charge on any atom is 0.319 e. The maximum atomic E-state index is 12.8. The molecule has 2 N–H and O–H groups in total. The molecular formula is C16H15FN2O3. The van der Waals surface area contributed by atoms with E-state index in [1.807, 2.05) is 0 Å². The van der Waals surface area contributed by atoms with Crippen molar-refractivity contribution in [3.05, 3.63) is 59.9 Å². The average Bonchev–Trinajstić information content (AvgIpc) is 2.46. The fraction of sp³-hybridized carbons (Fsp3) is 0.125. The van der Waals surface area contributed by atoms with Crippen LogP contribution in [-0.4, -0.2) is 12.0 Å². The molecule has 5 nitrogen and oxygen atoms in total. The van der Waals surface area contributed by atoms with E-state index in [2.05, 4.69) is 10.6 Å². The molecule has 0 saturated heterocycles. The number of ether oxygens (including phenoxy) is 1. The van der Waals surface area contributed by atoms with Crippen LogP contribution in [-0.2, 0) is 11.3 Å². The molecule has 0 bridgehead atoms. The molecule has 0 atom stereocenters. The predicted molar refractivity (Wildman–Crippen MR) is 80.0 cm³/mol. The van der Waals surface area contributed by atoms with E-state index in [1.165, 1.54) is 19.1 Å². The molecule has 2 amide bonds. The van der Waals surface area contributed by atoms with E-state index in [0.29, 0.717) is 11.4 Å². The average molecular weight is 302 g/mol. The van der Waals surface area contributed by atoms with Crippen LogP contribution in [0, 0.1) is 5.82 Å². The van der Waals surface area contributed by atoms with Crippen LogP contribution < -0.4 is 15.4 Å². The van der Waals surface area contributed by atoms with Crippen LogP contribution >= 0.6 is 0 Å². The zero-order valence-electron chi connectivity index (χ0n) is 11.9. The highest BCUT2D eigenvalue weighted by molar-refractivity contribution is 5.89. The fourth-order valence-corrected chi connectivity index (χ4v) is 1.76. The predicted octanol–water partition coefficient (Wildman–Crippen LogP) is 3.07. The lowest BCUT2D eigenvalue weighted by molar-refractivity contribution is -0.131. The number of carbonyl (C=O) groups excluding carboxylic acids is 2. The van der Waals surface area contributed by atoms with Gasteiger partial charge in [-0.15, -0.1) is 0 Å². The Balaban J connectivity index is 1.89. The number of benzene rings is 2. The molecule has 2 aromatic carbocycles. The van der Waals surface area contributed by atoms with E-state index >= 15 is 0 Å². The molecule has 2 aromatic rings. The zero-order valence-corrected chi connectivity index (χ0v) is 11.9. The Morgan fingerprint density at radius 3 is 2.55 bits per heavy atom. The van der Waals surface area contributed by atoms with Gasteiger partial charge >= 0.3 is 12.0 Å². The first-order valence-corrected chi connectivity index (χ1v) is 6.61. The SMILES string of the molecule is CC(=O)Oc1cccc(NC(=O)NCc2ccc(F)cc2)c1. The van der Waals surface area contributed by atoms with Crippen molar-refractivity contribution in [1.82, 2.24) is 5.32 Å². The van der Waals surface area contributed by atoms with Crippen LogP contribution in [0.15, 0.2) is 48.5 Å². The van der Waals surface area contributed by atoms with Crippen LogP contribution in [0.1, 0.15) is 12.5 Å². The monoisotopic (exact) mass is 302 g/mol. The Kier molecular flexibility index (Phi) is 5.08. The van der Waals surface area contributed by atoms with Gasteiger partial charge in [0.15, 0.2) is 0 Å². The minimum absolute atomic E-state index is 0.274. The molecule has 0 aliphatic carbocycles. The number of rotatable bonds is 4. The van der Waals surface area contributed by atoms with Gasteiger partial charge in [0.1, 0.15) is 11.6 Å². The van der Waals surface area contributed by atoms with E-state index < -0.39 is 12.0 Å². The summed E-state index contributed by atoms with van der Waals surface area (Å²) in [5.41, 5.74) is 1.28. The summed E-state index contributed by atoms with van der Waals surface area (Å²) >= 11 is 0. The second kappa shape index (κ2) is 7.21. The van der Waals surface area contributed by atoms with Crippen molar-refractivity contribution in [2.75, 3.05) is 5.32 Å². The van der Waals surface area contributed by atoms with Crippen LogP contribution in [0.5, 0.6) is 5.75 Å². The van der Waals surface area contributed by atoms with E-state index in [4.69, 9.17) is 4.74 Å². The first kappa shape index (κ1) is 15.5. The minimum Gasteiger partial charge on any atom is -0.427 e. The normalized spacial score (nSPS) is 9.91. The summed E-state index contributed by atoms with van der Waals surface area (Å²) in [5, 5.41) is 5.27. The van der Waals surface area contributed by atoms with Crippen molar-refractivity contribution >= 4 is 17.7 Å². The van der Waals surface area contributed by atoms with Gasteiger partial charge < -0.3 is 15.4 Å². The zero-order chi connectivity index (χ0) is 15.9. The molecule has 0 saturated carbocycles. The van der Waals surface area contributed by atoms with Gasteiger partial charge in [-0.1, -0.05) is 18.2 Å². The summed E-state index contributed by atoms with van der Waals surface area (Å²) in [7, 11) is 0. The van der Waals surface area contributed by atoms with Crippen molar-refractivity contribution < 1.29 is 18.7 Å². The topological polar surface area (TPSA) is 67.4 Å². The second-order valence-corrected chi connectivity index (χ2v) is 4.56. The molecule has 0 radical (unpaired) electrons. The molecule has 0 heterocycles. The smallest absolute Gasteiger partial charge is 0.319 e. The number of hydrogen-bond donors (Lipinski definition) is 2. The highest BCUT2D eigenvalue weighted by atomic mass is 19.1. The van der Waals surface area contributed by atoms with Crippen LogP contribution in [0.2, 0.25) is 0 Å². The Morgan fingerprint density at radius 1 is 1.14 bits per heavy atom. The number of urea groups is 1. The molecule has 0 unspecified atom stereocenters. The van der Waals surface area contributed by atoms with Gasteiger partial charge in [0.25, 0.3) is 0 Å². The van der Waals surface area contributed by atoms with E-state index in [1.54, 1.807) is 36.4 Å². The third-order valence-corrected chi connectivity index (χ3v) is 2.72. The molecule has 22 heavy (non-hydrogen) atoms. The van der Waals surface area contributed by atoms with Gasteiger partial charge in [0, 0.05) is 25.2 Å². The number of hydrogen-bond acceptors (Lipinski definition) is 3. The van der Waals surface area contributed by atoms with Gasteiger partial charge in [-0.05, 0) is 29.8 Å². The van der Waals surface area contributed by atoms with E-state index in [-0.39, 0.29) is 12.4 Å². The quantitative estimate of drug-likeness (QED) is 0.673. The Morgan fingerprint density at radius 2 is 1.86 bits per heavy atom. The number of amides is 2. The van der Waals surface area contributed by atoms with Gasteiger partial charge in [-0.25, -0.2) is 9.18 Å². The first-order chi connectivity index (χ1) is 10.5. The van der Waals surface area contributed by atoms with E-state index in [0.717, 1.165) is 5.56 Å². The maximum absolute atomic E-state index is 12.8. The van der Waals surface area contributed by atoms with Crippen molar-refractivity contribution in [3.8, 4) is 5.75 Å². The summed E-state index contributed by atoms with van der Waals surface area (Å²) in [4.78, 5) is 22.7. The van der Waals surface area contributed by atoms with Crippen molar-refractivity contribution in [1.29, 1.82) is 0 Å². The van der Waals surface area contributed by atoms with Gasteiger partial charge in [-0.3, -0.25) is 4.79 Å². The molecule has 114 valence electrons. The standard InChI is InChI=1S/C16H15FN2O3/c1-11(20)22-15-4-2-3-14(9-15)19-16(21)18-10-12-5-7-13(17)8-6-12/h2-9H,10H2,1H3,(H2,18,19,21). The first-order valence-electron chi connectivity index (χ1n) is 6.61. The fourth-order valence-electron chi connectivity index (χ4n) is 1.76. The number of halogens is 1. The number of esters is 1. The number of nitrogens with one attached hydrogen (secondary N) is 2. The highest BCUT2D eigenvalue weighted by Gasteiger charge is 2.04. The molecule has 0 aliphatic heterocycles. The summed E-state index contributed by atoms with van der Waals surface area (Å²) in [6.07, 6.45) is 0. The van der Waals surface area contributed by atoms with Crippen molar-refractivity contribution in [2.24, 2.45) is 0 Å². The lowest BCUT2D eigenvalue weighted by atomic mass is 10.2. The summed E-state index contributed by atoms with van der Waals surface area (Å²) < 4.78 is 17.7. The van der Waals surface area contributed by atoms with Gasteiger partial charge in [0.2, 0.25) is 0 Å². The highest BCUT2D eigenvalue weighted by Crippen LogP contribution is 2.17.